The molecule has 1 rings (SSSR count). The van der Waals surface area contributed by atoms with Gasteiger partial charge >= 0.3 is 0 Å². The lowest BCUT2D eigenvalue weighted by atomic mass is 10.1. The van der Waals surface area contributed by atoms with Gasteiger partial charge in [-0.25, -0.2) is 0 Å². The van der Waals surface area contributed by atoms with Gasteiger partial charge in [0.1, 0.15) is 0 Å². The van der Waals surface area contributed by atoms with Crippen LogP contribution in [0.15, 0.2) is 0 Å². The highest BCUT2D eigenvalue weighted by atomic mass is 16.5. The molecule has 15 heavy (non-hydrogen) atoms. The van der Waals surface area contributed by atoms with E-state index in [9.17, 15) is 0 Å². The third-order valence-corrected chi connectivity index (χ3v) is 2.82. The van der Waals surface area contributed by atoms with Crippen LogP contribution >= 0.6 is 0 Å². The van der Waals surface area contributed by atoms with Gasteiger partial charge in [0.05, 0.1) is 12.7 Å². The van der Waals surface area contributed by atoms with E-state index in [2.05, 4.69) is 0 Å². The molecule has 0 amide bonds. The fraction of sp³-hybridized carbons (Fsp3) is 1.00. The number of unbranched alkanes of at least 4 members (excludes halogenated alkanes) is 3. The molecule has 0 radical (unpaired) electrons. The second-order valence-electron chi connectivity index (χ2n) is 4.27. The molecule has 0 saturated carbocycles. The molecule has 90 valence electrons. The van der Waals surface area contributed by atoms with E-state index in [-0.39, 0.29) is 0 Å². The number of hydrogen-bond donors (Lipinski definition) is 1. The summed E-state index contributed by atoms with van der Waals surface area (Å²) in [5, 5.41) is 0. The van der Waals surface area contributed by atoms with Crippen LogP contribution in [0.5, 0.6) is 0 Å². The number of nitrogens with two attached hydrogens (primary N) is 1. The standard InChI is InChI=1S/C12H25NO2/c13-8-4-1-2-5-9-14-11-12-7-3-6-10-15-12/h12H,1-11,13H2. The summed E-state index contributed by atoms with van der Waals surface area (Å²) in [6, 6.07) is 0. The van der Waals surface area contributed by atoms with Crippen LogP contribution in [0.3, 0.4) is 0 Å². The molecule has 0 aliphatic carbocycles. The first-order chi connectivity index (χ1) is 7.43. The van der Waals surface area contributed by atoms with Gasteiger partial charge in [0, 0.05) is 13.2 Å². The third-order valence-electron chi connectivity index (χ3n) is 2.82. The average molecular weight is 215 g/mol. The van der Waals surface area contributed by atoms with Crippen molar-refractivity contribution in [3.05, 3.63) is 0 Å². The van der Waals surface area contributed by atoms with Crippen LogP contribution in [-0.4, -0.2) is 32.5 Å². The van der Waals surface area contributed by atoms with Crippen LogP contribution in [0.2, 0.25) is 0 Å². The van der Waals surface area contributed by atoms with E-state index in [1.165, 1.54) is 32.1 Å². The van der Waals surface area contributed by atoms with E-state index >= 15 is 0 Å². The van der Waals surface area contributed by atoms with Crippen LogP contribution in [0.1, 0.15) is 44.9 Å². The molecule has 1 saturated heterocycles. The van der Waals surface area contributed by atoms with Crippen molar-refractivity contribution < 1.29 is 9.47 Å². The van der Waals surface area contributed by atoms with Gasteiger partial charge in [0.25, 0.3) is 0 Å². The van der Waals surface area contributed by atoms with Crippen LogP contribution in [0.25, 0.3) is 0 Å². The summed E-state index contributed by atoms with van der Waals surface area (Å²) in [6.45, 7) is 3.41. The largest absolute Gasteiger partial charge is 0.379 e. The smallest absolute Gasteiger partial charge is 0.0808 e. The minimum Gasteiger partial charge on any atom is -0.379 e. The summed E-state index contributed by atoms with van der Waals surface area (Å²) in [6.07, 6.45) is 8.83. The van der Waals surface area contributed by atoms with Gasteiger partial charge in [-0.05, 0) is 38.6 Å². The normalized spacial score (nSPS) is 21.8. The van der Waals surface area contributed by atoms with Crippen molar-refractivity contribution in [1.82, 2.24) is 0 Å². The summed E-state index contributed by atoms with van der Waals surface area (Å²) in [7, 11) is 0. The van der Waals surface area contributed by atoms with E-state index < -0.39 is 0 Å². The first-order valence-corrected chi connectivity index (χ1v) is 6.33. The number of hydrogen-bond acceptors (Lipinski definition) is 3. The van der Waals surface area contributed by atoms with Crippen LogP contribution in [0, 0.1) is 0 Å². The second-order valence-corrected chi connectivity index (χ2v) is 4.27. The van der Waals surface area contributed by atoms with Gasteiger partial charge < -0.3 is 15.2 Å². The molecule has 1 unspecified atom stereocenters. The Kier molecular flexibility index (Phi) is 7.88. The molecule has 1 fully saturated rings. The maximum atomic E-state index is 5.60. The second kappa shape index (κ2) is 9.13. The summed E-state index contributed by atoms with van der Waals surface area (Å²) >= 11 is 0. The molecule has 0 aromatic rings. The minimum atomic E-state index is 0.364. The summed E-state index contributed by atoms with van der Waals surface area (Å²) in [5.41, 5.74) is 5.42. The molecule has 1 aliphatic rings. The minimum absolute atomic E-state index is 0.364. The molecule has 0 aromatic heterocycles. The van der Waals surface area contributed by atoms with Crippen molar-refractivity contribution in [2.45, 2.75) is 51.0 Å². The molecule has 1 heterocycles. The predicted molar refractivity (Wildman–Crippen MR) is 61.9 cm³/mol. The highest BCUT2D eigenvalue weighted by molar-refractivity contribution is 4.62. The van der Waals surface area contributed by atoms with Gasteiger partial charge in [-0.15, -0.1) is 0 Å². The fourth-order valence-electron chi connectivity index (χ4n) is 1.86. The highest BCUT2D eigenvalue weighted by Crippen LogP contribution is 2.12. The first-order valence-electron chi connectivity index (χ1n) is 6.33. The van der Waals surface area contributed by atoms with Gasteiger partial charge in [-0.2, -0.15) is 0 Å². The Morgan fingerprint density at radius 1 is 1.13 bits per heavy atom. The van der Waals surface area contributed by atoms with Gasteiger partial charge in [0.2, 0.25) is 0 Å². The zero-order chi connectivity index (χ0) is 10.8. The monoisotopic (exact) mass is 215 g/mol. The van der Waals surface area contributed by atoms with E-state index in [4.69, 9.17) is 15.2 Å². The van der Waals surface area contributed by atoms with Crippen molar-refractivity contribution in [3.8, 4) is 0 Å². The number of ether oxygens (including phenoxy) is 2. The van der Waals surface area contributed by atoms with Crippen molar-refractivity contribution in [3.63, 3.8) is 0 Å². The summed E-state index contributed by atoms with van der Waals surface area (Å²) in [4.78, 5) is 0. The predicted octanol–water partition coefficient (Wildman–Crippen LogP) is 2.09. The van der Waals surface area contributed by atoms with Gasteiger partial charge in [-0.3, -0.25) is 0 Å². The van der Waals surface area contributed by atoms with Crippen molar-refractivity contribution in [2.75, 3.05) is 26.4 Å². The molecule has 0 aromatic carbocycles. The molecule has 3 nitrogen and oxygen atoms in total. The fourth-order valence-corrected chi connectivity index (χ4v) is 1.86. The van der Waals surface area contributed by atoms with Crippen molar-refractivity contribution >= 4 is 0 Å². The Bertz CT molecular complexity index is 136. The first kappa shape index (κ1) is 12.9. The number of rotatable bonds is 8. The molecule has 1 atom stereocenters. The SMILES string of the molecule is NCCCCCCOCC1CCCCO1. The van der Waals surface area contributed by atoms with Crippen LogP contribution < -0.4 is 5.73 Å². The molecule has 1 aliphatic heterocycles. The molecule has 2 N–H and O–H groups in total. The van der Waals surface area contributed by atoms with Crippen LogP contribution in [-0.2, 0) is 9.47 Å². The average Bonchev–Trinajstić information content (AvgIpc) is 2.29. The molecular weight excluding hydrogens is 190 g/mol. The highest BCUT2D eigenvalue weighted by Gasteiger charge is 2.13. The van der Waals surface area contributed by atoms with E-state index in [1.807, 2.05) is 0 Å². The molecule has 0 bridgehead atoms. The lowest BCUT2D eigenvalue weighted by Gasteiger charge is -2.22. The van der Waals surface area contributed by atoms with E-state index in [0.29, 0.717) is 6.10 Å². The Morgan fingerprint density at radius 3 is 2.73 bits per heavy atom. The Balaban J connectivity index is 1.79. The van der Waals surface area contributed by atoms with Crippen molar-refractivity contribution in [1.29, 1.82) is 0 Å². The zero-order valence-corrected chi connectivity index (χ0v) is 9.75. The maximum absolute atomic E-state index is 5.60. The zero-order valence-electron chi connectivity index (χ0n) is 9.75. The van der Waals surface area contributed by atoms with E-state index in [1.54, 1.807) is 0 Å². The van der Waals surface area contributed by atoms with Gasteiger partial charge in [0.15, 0.2) is 0 Å². The van der Waals surface area contributed by atoms with E-state index in [0.717, 1.165) is 39.2 Å². The summed E-state index contributed by atoms with van der Waals surface area (Å²) in [5.74, 6) is 0. The maximum Gasteiger partial charge on any atom is 0.0808 e. The van der Waals surface area contributed by atoms with Gasteiger partial charge in [-0.1, -0.05) is 12.8 Å². The molecule has 0 spiro atoms. The summed E-state index contributed by atoms with van der Waals surface area (Å²) < 4.78 is 11.2. The molecular formula is C12H25NO2. The Morgan fingerprint density at radius 2 is 2.00 bits per heavy atom. The topological polar surface area (TPSA) is 44.5 Å². The lowest BCUT2D eigenvalue weighted by Crippen LogP contribution is -2.24. The Hall–Kier alpha value is -0.120. The van der Waals surface area contributed by atoms with Crippen LogP contribution in [0.4, 0.5) is 0 Å². The quantitative estimate of drug-likeness (QED) is 0.631. The molecule has 3 heteroatoms. The Labute approximate surface area is 93.3 Å². The van der Waals surface area contributed by atoms with Crippen molar-refractivity contribution in [2.24, 2.45) is 5.73 Å². The third kappa shape index (κ3) is 6.88. The lowest BCUT2D eigenvalue weighted by molar-refractivity contribution is -0.0411.